The summed E-state index contributed by atoms with van der Waals surface area (Å²) in [5.74, 6) is -0.766. The van der Waals surface area contributed by atoms with Crippen molar-refractivity contribution in [1.82, 2.24) is 5.16 Å². The lowest BCUT2D eigenvalue weighted by Gasteiger charge is -2.14. The van der Waals surface area contributed by atoms with Crippen LogP contribution in [0.2, 0.25) is 5.02 Å². The van der Waals surface area contributed by atoms with Crippen LogP contribution in [0, 0.1) is 6.92 Å². The standard InChI is InChI=1S/C18H16ClNO4/c1-3-13(18(21)22)23-14-9-8-12-16(20-24-17(12)15(14)19)11-7-5-4-6-10(11)2/h4-9,13H,3H2,1-2H3,(H,21,22). The molecular formula is C18H16ClNO4. The Bertz CT molecular complexity index is 903. The fourth-order valence-corrected chi connectivity index (χ4v) is 2.78. The van der Waals surface area contributed by atoms with Gasteiger partial charge in [-0.15, -0.1) is 0 Å². The first-order valence-electron chi connectivity index (χ1n) is 7.56. The highest BCUT2D eigenvalue weighted by Gasteiger charge is 2.22. The number of aliphatic carboxylic acids is 1. The molecule has 0 fully saturated rings. The molecule has 3 aromatic rings. The quantitative estimate of drug-likeness (QED) is 0.725. The zero-order valence-electron chi connectivity index (χ0n) is 13.2. The maximum absolute atomic E-state index is 11.1. The van der Waals surface area contributed by atoms with Crippen LogP contribution in [-0.2, 0) is 4.79 Å². The third-order valence-corrected chi connectivity index (χ3v) is 4.22. The van der Waals surface area contributed by atoms with Crippen molar-refractivity contribution in [3.05, 3.63) is 47.0 Å². The highest BCUT2D eigenvalue weighted by Crippen LogP contribution is 2.38. The van der Waals surface area contributed by atoms with E-state index in [9.17, 15) is 4.79 Å². The average Bonchev–Trinajstić information content (AvgIpc) is 2.99. The number of benzene rings is 2. The second-order valence-electron chi connectivity index (χ2n) is 5.45. The number of carboxylic acid groups (broad SMARTS) is 1. The molecule has 0 amide bonds. The van der Waals surface area contributed by atoms with Gasteiger partial charge in [0.25, 0.3) is 0 Å². The van der Waals surface area contributed by atoms with E-state index in [2.05, 4.69) is 5.16 Å². The lowest BCUT2D eigenvalue weighted by Crippen LogP contribution is -2.26. The first-order chi connectivity index (χ1) is 11.5. The summed E-state index contributed by atoms with van der Waals surface area (Å²) in [7, 11) is 0. The smallest absolute Gasteiger partial charge is 0.344 e. The van der Waals surface area contributed by atoms with Gasteiger partial charge in [-0.2, -0.15) is 0 Å². The summed E-state index contributed by atoms with van der Waals surface area (Å²) in [6.07, 6.45) is -0.632. The zero-order chi connectivity index (χ0) is 17.3. The molecule has 5 nitrogen and oxygen atoms in total. The van der Waals surface area contributed by atoms with Crippen LogP contribution in [0.3, 0.4) is 0 Å². The topological polar surface area (TPSA) is 72.6 Å². The van der Waals surface area contributed by atoms with Crippen LogP contribution < -0.4 is 4.74 Å². The molecule has 0 spiro atoms. The van der Waals surface area contributed by atoms with Crippen LogP contribution >= 0.6 is 11.6 Å². The maximum atomic E-state index is 11.1. The monoisotopic (exact) mass is 345 g/mol. The molecule has 0 saturated heterocycles. The number of rotatable bonds is 5. The molecule has 24 heavy (non-hydrogen) atoms. The van der Waals surface area contributed by atoms with Crippen LogP contribution in [0.4, 0.5) is 0 Å². The van der Waals surface area contributed by atoms with Gasteiger partial charge in [0.15, 0.2) is 11.7 Å². The molecule has 0 aliphatic heterocycles. The molecule has 0 bridgehead atoms. The summed E-state index contributed by atoms with van der Waals surface area (Å²) in [6, 6.07) is 11.3. The van der Waals surface area contributed by atoms with Crippen molar-refractivity contribution >= 4 is 28.5 Å². The molecule has 1 unspecified atom stereocenters. The minimum Gasteiger partial charge on any atom is -0.479 e. The van der Waals surface area contributed by atoms with E-state index in [1.807, 2.05) is 31.2 Å². The molecular weight excluding hydrogens is 330 g/mol. The number of hydrogen-bond donors (Lipinski definition) is 1. The predicted molar refractivity (Wildman–Crippen MR) is 91.5 cm³/mol. The Labute approximate surface area is 143 Å². The highest BCUT2D eigenvalue weighted by atomic mass is 35.5. The lowest BCUT2D eigenvalue weighted by atomic mass is 10.0. The van der Waals surface area contributed by atoms with Crippen molar-refractivity contribution in [2.75, 3.05) is 0 Å². The molecule has 0 radical (unpaired) electrons. The first kappa shape index (κ1) is 16.3. The number of carboxylic acids is 1. The van der Waals surface area contributed by atoms with Crippen LogP contribution in [0.15, 0.2) is 40.9 Å². The number of aryl methyl sites for hydroxylation is 1. The minimum absolute atomic E-state index is 0.222. The van der Waals surface area contributed by atoms with E-state index in [4.69, 9.17) is 26.0 Å². The Morgan fingerprint density at radius 2 is 2.08 bits per heavy atom. The Kier molecular flexibility index (Phi) is 4.44. The van der Waals surface area contributed by atoms with Crippen LogP contribution in [-0.4, -0.2) is 22.3 Å². The first-order valence-corrected chi connectivity index (χ1v) is 7.94. The minimum atomic E-state index is -1.04. The van der Waals surface area contributed by atoms with Gasteiger partial charge in [0, 0.05) is 5.56 Å². The van der Waals surface area contributed by atoms with Crippen molar-refractivity contribution in [1.29, 1.82) is 0 Å². The largest absolute Gasteiger partial charge is 0.479 e. The summed E-state index contributed by atoms with van der Waals surface area (Å²) >= 11 is 6.34. The van der Waals surface area contributed by atoms with Crippen molar-refractivity contribution in [2.24, 2.45) is 0 Å². The van der Waals surface area contributed by atoms with Crippen LogP contribution in [0.5, 0.6) is 5.75 Å². The fraction of sp³-hybridized carbons (Fsp3) is 0.222. The van der Waals surface area contributed by atoms with Gasteiger partial charge in [0.1, 0.15) is 16.5 Å². The van der Waals surface area contributed by atoms with E-state index in [0.717, 1.165) is 16.5 Å². The van der Waals surface area contributed by atoms with E-state index in [-0.39, 0.29) is 10.8 Å². The number of fused-ring (bicyclic) bond motifs is 1. The Balaban J connectivity index is 2.06. The van der Waals surface area contributed by atoms with Gasteiger partial charge in [-0.25, -0.2) is 4.79 Å². The molecule has 0 aliphatic carbocycles. The van der Waals surface area contributed by atoms with E-state index in [0.29, 0.717) is 17.7 Å². The number of aromatic nitrogens is 1. The van der Waals surface area contributed by atoms with Crippen LogP contribution in [0.1, 0.15) is 18.9 Å². The normalized spacial score (nSPS) is 12.3. The zero-order valence-corrected chi connectivity index (χ0v) is 14.0. The van der Waals surface area contributed by atoms with E-state index >= 15 is 0 Å². The van der Waals surface area contributed by atoms with E-state index in [1.165, 1.54) is 0 Å². The molecule has 3 rings (SSSR count). The molecule has 6 heteroatoms. The Morgan fingerprint density at radius 1 is 1.33 bits per heavy atom. The molecule has 1 atom stereocenters. The molecule has 0 aliphatic rings. The van der Waals surface area contributed by atoms with E-state index < -0.39 is 12.1 Å². The SMILES string of the molecule is CCC(Oc1ccc2c(-c3ccccc3C)noc2c1Cl)C(=O)O. The van der Waals surface area contributed by atoms with Crippen LogP contribution in [0.25, 0.3) is 22.2 Å². The van der Waals surface area contributed by atoms with Gasteiger partial charge in [-0.1, -0.05) is 47.9 Å². The summed E-state index contributed by atoms with van der Waals surface area (Å²) in [5, 5.41) is 14.2. The number of ether oxygens (including phenoxy) is 1. The predicted octanol–water partition coefficient (Wildman–Crippen LogP) is 4.70. The van der Waals surface area contributed by atoms with Gasteiger partial charge in [-0.3, -0.25) is 0 Å². The van der Waals surface area contributed by atoms with Crippen molar-refractivity contribution in [2.45, 2.75) is 26.4 Å². The molecule has 1 heterocycles. The van der Waals surface area contributed by atoms with Crippen molar-refractivity contribution < 1.29 is 19.2 Å². The fourth-order valence-electron chi connectivity index (χ4n) is 2.54. The highest BCUT2D eigenvalue weighted by molar-refractivity contribution is 6.36. The second kappa shape index (κ2) is 6.53. The molecule has 2 aromatic carbocycles. The second-order valence-corrected chi connectivity index (χ2v) is 5.83. The van der Waals surface area contributed by atoms with Gasteiger partial charge in [0.2, 0.25) is 0 Å². The summed E-state index contributed by atoms with van der Waals surface area (Å²) in [4.78, 5) is 11.1. The Hall–Kier alpha value is -2.53. The molecule has 1 N–H and O–H groups in total. The van der Waals surface area contributed by atoms with Gasteiger partial charge >= 0.3 is 5.97 Å². The summed E-state index contributed by atoms with van der Waals surface area (Å²) in [6.45, 7) is 3.73. The average molecular weight is 346 g/mol. The van der Waals surface area contributed by atoms with Crippen molar-refractivity contribution in [3.63, 3.8) is 0 Å². The molecule has 0 saturated carbocycles. The third-order valence-electron chi connectivity index (χ3n) is 3.86. The van der Waals surface area contributed by atoms with Gasteiger partial charge < -0.3 is 14.4 Å². The number of nitrogens with zero attached hydrogens (tertiary/aromatic N) is 1. The molecule has 124 valence electrons. The summed E-state index contributed by atoms with van der Waals surface area (Å²) in [5.41, 5.74) is 3.11. The van der Waals surface area contributed by atoms with Gasteiger partial charge in [-0.05, 0) is 31.0 Å². The van der Waals surface area contributed by atoms with E-state index in [1.54, 1.807) is 19.1 Å². The molecule has 1 aromatic heterocycles. The lowest BCUT2D eigenvalue weighted by molar-refractivity contribution is -0.145. The van der Waals surface area contributed by atoms with Gasteiger partial charge in [0.05, 0.1) is 5.39 Å². The number of hydrogen-bond acceptors (Lipinski definition) is 4. The maximum Gasteiger partial charge on any atom is 0.344 e. The summed E-state index contributed by atoms with van der Waals surface area (Å²) < 4.78 is 10.9. The number of halogens is 1. The van der Waals surface area contributed by atoms with Crippen molar-refractivity contribution in [3.8, 4) is 17.0 Å². The third kappa shape index (κ3) is 2.83. The Morgan fingerprint density at radius 3 is 2.75 bits per heavy atom. The number of carbonyl (C=O) groups is 1.